The molecular formula is C12H16ClFN2O3S. The van der Waals surface area contributed by atoms with Crippen molar-refractivity contribution in [3.8, 4) is 0 Å². The van der Waals surface area contributed by atoms with Gasteiger partial charge in [-0.15, -0.1) is 0 Å². The summed E-state index contributed by atoms with van der Waals surface area (Å²) < 4.78 is 44.9. The number of halogens is 2. The molecule has 2 unspecified atom stereocenters. The maximum atomic E-state index is 13.3. The van der Waals surface area contributed by atoms with Gasteiger partial charge in [-0.2, -0.15) is 4.31 Å². The molecule has 0 aromatic heterocycles. The largest absolute Gasteiger partial charge is 0.374 e. The predicted octanol–water partition coefficient (Wildman–Crippen LogP) is 1.22. The van der Waals surface area contributed by atoms with Gasteiger partial charge in [0.1, 0.15) is 10.7 Å². The molecule has 1 aliphatic heterocycles. The summed E-state index contributed by atoms with van der Waals surface area (Å²) in [6.07, 6.45) is -0.383. The molecule has 1 fully saturated rings. The monoisotopic (exact) mass is 322 g/mol. The van der Waals surface area contributed by atoms with E-state index < -0.39 is 15.8 Å². The van der Waals surface area contributed by atoms with Crippen LogP contribution in [0.25, 0.3) is 0 Å². The number of benzene rings is 1. The topological polar surface area (TPSA) is 72.6 Å². The minimum Gasteiger partial charge on any atom is -0.374 e. The molecule has 1 aromatic rings. The Balaban J connectivity index is 2.32. The first-order chi connectivity index (χ1) is 9.32. The van der Waals surface area contributed by atoms with E-state index in [0.717, 1.165) is 12.1 Å². The third kappa shape index (κ3) is 3.12. The lowest BCUT2D eigenvalue weighted by Gasteiger charge is -2.34. The van der Waals surface area contributed by atoms with E-state index in [9.17, 15) is 12.8 Å². The molecule has 2 atom stereocenters. The van der Waals surface area contributed by atoms with Gasteiger partial charge < -0.3 is 10.5 Å². The van der Waals surface area contributed by atoms with Crippen molar-refractivity contribution in [2.24, 2.45) is 5.73 Å². The van der Waals surface area contributed by atoms with Crippen molar-refractivity contribution in [1.82, 2.24) is 4.31 Å². The Bertz CT molecular complexity index is 594. The van der Waals surface area contributed by atoms with Crippen LogP contribution in [0.3, 0.4) is 0 Å². The molecule has 0 saturated carbocycles. The van der Waals surface area contributed by atoms with Crippen molar-refractivity contribution in [2.75, 3.05) is 19.7 Å². The Morgan fingerprint density at radius 3 is 2.90 bits per heavy atom. The van der Waals surface area contributed by atoms with Crippen LogP contribution in [0.5, 0.6) is 0 Å². The summed E-state index contributed by atoms with van der Waals surface area (Å²) >= 11 is 5.87. The smallest absolute Gasteiger partial charge is 0.244 e. The highest BCUT2D eigenvalue weighted by Gasteiger charge is 2.33. The number of nitrogens with two attached hydrogens (primary N) is 1. The minimum atomic E-state index is -3.86. The van der Waals surface area contributed by atoms with Crippen LogP contribution in [-0.2, 0) is 14.8 Å². The van der Waals surface area contributed by atoms with Crippen molar-refractivity contribution in [1.29, 1.82) is 0 Å². The van der Waals surface area contributed by atoms with E-state index in [1.54, 1.807) is 6.92 Å². The molecule has 0 radical (unpaired) electrons. The van der Waals surface area contributed by atoms with E-state index in [1.165, 1.54) is 10.4 Å². The molecule has 1 saturated heterocycles. The Morgan fingerprint density at radius 2 is 2.25 bits per heavy atom. The lowest BCUT2D eigenvalue weighted by atomic mass is 10.2. The highest BCUT2D eigenvalue weighted by Crippen LogP contribution is 2.26. The Labute approximate surface area is 122 Å². The fourth-order valence-electron chi connectivity index (χ4n) is 2.00. The Hall–Kier alpha value is -0.730. The average Bonchev–Trinajstić information content (AvgIpc) is 2.41. The molecule has 1 heterocycles. The summed E-state index contributed by atoms with van der Waals surface area (Å²) in [7, 11) is -3.86. The van der Waals surface area contributed by atoms with Crippen molar-refractivity contribution in [3.05, 3.63) is 29.0 Å². The van der Waals surface area contributed by atoms with Crippen LogP contribution >= 0.6 is 11.6 Å². The zero-order valence-electron chi connectivity index (χ0n) is 10.9. The Kier molecular flexibility index (Phi) is 4.66. The van der Waals surface area contributed by atoms with Crippen LogP contribution in [0.1, 0.15) is 6.92 Å². The van der Waals surface area contributed by atoms with Crippen LogP contribution in [0.15, 0.2) is 23.1 Å². The summed E-state index contributed by atoms with van der Waals surface area (Å²) in [5.74, 6) is -0.648. The van der Waals surface area contributed by atoms with E-state index in [2.05, 4.69) is 0 Å². The van der Waals surface area contributed by atoms with Crippen LogP contribution in [0.4, 0.5) is 4.39 Å². The highest BCUT2D eigenvalue weighted by atomic mass is 35.5. The minimum absolute atomic E-state index is 0.00441. The van der Waals surface area contributed by atoms with Crippen molar-refractivity contribution in [3.63, 3.8) is 0 Å². The normalized spacial score (nSPS) is 22.7. The number of nitrogens with zero attached hydrogens (tertiary/aromatic N) is 1. The second-order valence-electron chi connectivity index (χ2n) is 4.71. The second kappa shape index (κ2) is 5.95. The van der Waals surface area contributed by atoms with Crippen LogP contribution in [-0.4, -0.2) is 44.6 Å². The zero-order chi connectivity index (χ0) is 14.9. The van der Waals surface area contributed by atoms with E-state index in [-0.39, 0.29) is 41.8 Å². The maximum absolute atomic E-state index is 13.3. The number of hydrogen-bond donors (Lipinski definition) is 1. The van der Waals surface area contributed by atoms with Gasteiger partial charge >= 0.3 is 0 Å². The van der Waals surface area contributed by atoms with Gasteiger partial charge in [-0.25, -0.2) is 12.8 Å². The van der Waals surface area contributed by atoms with Gasteiger partial charge in [0.15, 0.2) is 0 Å². The number of hydrogen-bond acceptors (Lipinski definition) is 4. The summed E-state index contributed by atoms with van der Waals surface area (Å²) in [5, 5.41) is -0.00441. The number of rotatable bonds is 3. The first kappa shape index (κ1) is 15.7. The van der Waals surface area contributed by atoms with E-state index in [0.29, 0.717) is 0 Å². The van der Waals surface area contributed by atoms with Crippen molar-refractivity contribution in [2.45, 2.75) is 24.0 Å². The molecule has 8 heteroatoms. The van der Waals surface area contributed by atoms with Gasteiger partial charge in [0.05, 0.1) is 17.7 Å². The quantitative estimate of drug-likeness (QED) is 0.908. The van der Waals surface area contributed by atoms with Gasteiger partial charge in [0.25, 0.3) is 0 Å². The molecule has 0 spiro atoms. The third-order valence-corrected chi connectivity index (χ3v) is 5.50. The molecule has 0 amide bonds. The molecule has 112 valence electrons. The lowest BCUT2D eigenvalue weighted by Crippen LogP contribution is -2.51. The predicted molar refractivity (Wildman–Crippen MR) is 73.6 cm³/mol. The lowest BCUT2D eigenvalue weighted by molar-refractivity contribution is -0.0120. The average molecular weight is 323 g/mol. The first-order valence-electron chi connectivity index (χ1n) is 6.15. The number of morpholine rings is 1. The maximum Gasteiger partial charge on any atom is 0.244 e. The van der Waals surface area contributed by atoms with E-state index in [4.69, 9.17) is 22.1 Å². The van der Waals surface area contributed by atoms with Crippen molar-refractivity contribution >= 4 is 21.6 Å². The standard InChI is InChI=1S/C12H16ClFN2O3S/c1-8(15)11-7-16(4-5-19-11)20(17,18)12-6-9(14)2-3-10(12)13/h2-3,6,8,11H,4-5,7,15H2,1H3. The molecule has 5 nitrogen and oxygen atoms in total. The summed E-state index contributed by atoms with van der Waals surface area (Å²) in [4.78, 5) is -0.232. The van der Waals surface area contributed by atoms with Gasteiger partial charge in [0.2, 0.25) is 10.0 Å². The molecule has 0 aliphatic carbocycles. The summed E-state index contributed by atoms with van der Waals surface area (Å²) in [6.45, 7) is 2.32. The summed E-state index contributed by atoms with van der Waals surface area (Å²) in [6, 6.07) is 2.98. The van der Waals surface area contributed by atoms with Crippen LogP contribution < -0.4 is 5.73 Å². The Morgan fingerprint density at radius 1 is 1.55 bits per heavy atom. The van der Waals surface area contributed by atoms with E-state index in [1.807, 2.05) is 0 Å². The van der Waals surface area contributed by atoms with Crippen LogP contribution in [0.2, 0.25) is 5.02 Å². The molecule has 1 aliphatic rings. The summed E-state index contributed by atoms with van der Waals surface area (Å²) in [5.41, 5.74) is 5.73. The van der Waals surface area contributed by atoms with Crippen LogP contribution in [0, 0.1) is 5.82 Å². The fraction of sp³-hybridized carbons (Fsp3) is 0.500. The van der Waals surface area contributed by atoms with Crippen molar-refractivity contribution < 1.29 is 17.5 Å². The van der Waals surface area contributed by atoms with Gasteiger partial charge in [-0.05, 0) is 25.1 Å². The SMILES string of the molecule is CC(N)C1CN(S(=O)(=O)c2cc(F)ccc2Cl)CCO1. The molecule has 2 N–H and O–H groups in total. The van der Waals surface area contributed by atoms with E-state index >= 15 is 0 Å². The van der Waals surface area contributed by atoms with Gasteiger partial charge in [0, 0.05) is 19.1 Å². The fourth-order valence-corrected chi connectivity index (χ4v) is 3.92. The number of sulfonamides is 1. The third-order valence-electron chi connectivity index (χ3n) is 3.15. The zero-order valence-corrected chi connectivity index (χ0v) is 12.5. The van der Waals surface area contributed by atoms with Gasteiger partial charge in [-0.3, -0.25) is 0 Å². The first-order valence-corrected chi connectivity index (χ1v) is 7.96. The molecule has 0 bridgehead atoms. The molecule has 20 heavy (non-hydrogen) atoms. The van der Waals surface area contributed by atoms with Gasteiger partial charge in [-0.1, -0.05) is 11.6 Å². The molecule has 1 aromatic carbocycles. The number of ether oxygens (including phenoxy) is 1. The highest BCUT2D eigenvalue weighted by molar-refractivity contribution is 7.89. The second-order valence-corrected chi connectivity index (χ2v) is 7.02. The molecular weight excluding hydrogens is 307 g/mol. The molecule has 2 rings (SSSR count).